The van der Waals surface area contributed by atoms with Gasteiger partial charge >= 0.3 is 5.97 Å². The van der Waals surface area contributed by atoms with Crippen LogP contribution in [0, 0.1) is 6.92 Å². The zero-order chi connectivity index (χ0) is 16.1. The minimum absolute atomic E-state index is 0.263. The summed E-state index contributed by atoms with van der Waals surface area (Å²) in [5.74, 6) is -0.937. The van der Waals surface area contributed by atoms with E-state index in [2.05, 4.69) is 10.6 Å². The van der Waals surface area contributed by atoms with E-state index in [9.17, 15) is 4.79 Å². The van der Waals surface area contributed by atoms with Crippen LogP contribution in [0.1, 0.15) is 21.5 Å². The number of hydrogen-bond donors (Lipinski definition) is 3. The second kappa shape index (κ2) is 7.24. The fraction of sp³-hybridized carbons (Fsp3) is 0.125. The molecule has 0 bridgehead atoms. The fourth-order valence-corrected chi connectivity index (χ4v) is 2.21. The molecule has 3 N–H and O–H groups in total. The molecule has 2 rings (SSSR count). The van der Waals surface area contributed by atoms with Crippen LogP contribution in [-0.4, -0.2) is 16.2 Å². The molecule has 0 radical (unpaired) electrons. The molecule has 0 heterocycles. The standard InChI is InChI=1S/C16H15ClN2O2S/c1-10-13(17)3-2-4-14(10)19-16(22)18-9-11-5-7-12(8-6-11)15(20)21/h2-8H,9H2,1H3,(H,20,21)(H2,18,19,22). The quantitative estimate of drug-likeness (QED) is 0.742. The van der Waals surface area contributed by atoms with Crippen molar-refractivity contribution < 1.29 is 9.90 Å². The summed E-state index contributed by atoms with van der Waals surface area (Å²) in [6.45, 7) is 2.42. The monoisotopic (exact) mass is 334 g/mol. The van der Waals surface area contributed by atoms with Gasteiger partial charge in [-0.05, 0) is 54.5 Å². The van der Waals surface area contributed by atoms with Crippen molar-refractivity contribution in [1.82, 2.24) is 5.32 Å². The van der Waals surface area contributed by atoms with Crippen LogP contribution < -0.4 is 10.6 Å². The molecule has 0 saturated carbocycles. The Labute approximate surface area is 139 Å². The van der Waals surface area contributed by atoms with Crippen molar-refractivity contribution in [2.24, 2.45) is 0 Å². The SMILES string of the molecule is Cc1c(Cl)cccc1NC(=S)NCc1ccc(C(=O)O)cc1. The number of aromatic carboxylic acids is 1. The summed E-state index contributed by atoms with van der Waals surface area (Å²) in [6, 6.07) is 12.2. The van der Waals surface area contributed by atoms with Crippen molar-refractivity contribution in [1.29, 1.82) is 0 Å². The highest BCUT2D eigenvalue weighted by Gasteiger charge is 2.05. The Kier molecular flexibility index (Phi) is 5.35. The van der Waals surface area contributed by atoms with E-state index >= 15 is 0 Å². The smallest absolute Gasteiger partial charge is 0.335 e. The van der Waals surface area contributed by atoms with Gasteiger partial charge in [-0.3, -0.25) is 0 Å². The molecule has 0 aliphatic rings. The van der Waals surface area contributed by atoms with E-state index in [1.165, 1.54) is 0 Å². The average Bonchev–Trinajstić information content (AvgIpc) is 2.50. The van der Waals surface area contributed by atoms with Crippen molar-refractivity contribution in [3.05, 3.63) is 64.2 Å². The van der Waals surface area contributed by atoms with Crippen LogP contribution in [0.2, 0.25) is 5.02 Å². The lowest BCUT2D eigenvalue weighted by molar-refractivity contribution is 0.0697. The third-order valence-electron chi connectivity index (χ3n) is 3.17. The first-order valence-electron chi connectivity index (χ1n) is 6.59. The molecule has 0 saturated heterocycles. The first-order valence-corrected chi connectivity index (χ1v) is 7.38. The Morgan fingerprint density at radius 1 is 1.23 bits per heavy atom. The molecule has 0 aliphatic carbocycles. The minimum Gasteiger partial charge on any atom is -0.478 e. The molecule has 0 unspecified atom stereocenters. The number of carbonyl (C=O) groups is 1. The summed E-state index contributed by atoms with van der Waals surface area (Å²) in [6.07, 6.45) is 0. The summed E-state index contributed by atoms with van der Waals surface area (Å²) in [5, 5.41) is 16.2. The van der Waals surface area contributed by atoms with Gasteiger partial charge < -0.3 is 15.7 Å². The predicted octanol–water partition coefficient (Wildman–Crippen LogP) is 3.83. The molecule has 0 atom stereocenters. The number of halogens is 1. The van der Waals surface area contributed by atoms with Crippen LogP contribution in [0.25, 0.3) is 0 Å². The molecule has 114 valence electrons. The molecule has 4 nitrogen and oxygen atoms in total. The number of carboxylic acids is 1. The number of rotatable bonds is 4. The molecule has 22 heavy (non-hydrogen) atoms. The van der Waals surface area contributed by atoms with E-state index in [1.54, 1.807) is 24.3 Å². The van der Waals surface area contributed by atoms with Crippen LogP contribution >= 0.6 is 23.8 Å². The molecule has 2 aromatic rings. The Morgan fingerprint density at radius 2 is 1.91 bits per heavy atom. The zero-order valence-electron chi connectivity index (χ0n) is 11.9. The molecule has 2 aromatic carbocycles. The third kappa shape index (κ3) is 4.19. The summed E-state index contributed by atoms with van der Waals surface area (Å²) in [5.41, 5.74) is 2.99. The highest BCUT2D eigenvalue weighted by molar-refractivity contribution is 7.80. The fourth-order valence-electron chi connectivity index (χ4n) is 1.86. The van der Waals surface area contributed by atoms with E-state index in [0.29, 0.717) is 16.7 Å². The van der Waals surface area contributed by atoms with Crippen molar-refractivity contribution in [3.63, 3.8) is 0 Å². The maximum Gasteiger partial charge on any atom is 0.335 e. The van der Waals surface area contributed by atoms with Gasteiger partial charge in [-0.15, -0.1) is 0 Å². The highest BCUT2D eigenvalue weighted by atomic mass is 35.5. The lowest BCUT2D eigenvalue weighted by atomic mass is 10.1. The molecule has 0 spiro atoms. The molecule has 0 aliphatic heterocycles. The van der Waals surface area contributed by atoms with Gasteiger partial charge in [-0.1, -0.05) is 29.8 Å². The Bertz CT molecular complexity index is 702. The summed E-state index contributed by atoms with van der Waals surface area (Å²) in [7, 11) is 0. The topological polar surface area (TPSA) is 61.4 Å². The van der Waals surface area contributed by atoms with Gasteiger partial charge in [0.05, 0.1) is 5.56 Å². The Hall–Kier alpha value is -2.11. The van der Waals surface area contributed by atoms with Crippen LogP contribution in [0.5, 0.6) is 0 Å². The van der Waals surface area contributed by atoms with Gasteiger partial charge in [0.25, 0.3) is 0 Å². The maximum absolute atomic E-state index is 10.8. The van der Waals surface area contributed by atoms with E-state index < -0.39 is 5.97 Å². The van der Waals surface area contributed by atoms with E-state index in [1.807, 2.05) is 25.1 Å². The van der Waals surface area contributed by atoms with Crippen molar-refractivity contribution >= 4 is 40.6 Å². The second-order valence-electron chi connectivity index (χ2n) is 4.72. The molecule has 6 heteroatoms. The van der Waals surface area contributed by atoms with Crippen molar-refractivity contribution in [2.75, 3.05) is 5.32 Å². The van der Waals surface area contributed by atoms with Gasteiger partial charge in [0, 0.05) is 17.3 Å². The van der Waals surface area contributed by atoms with Crippen LogP contribution in [0.4, 0.5) is 5.69 Å². The largest absolute Gasteiger partial charge is 0.478 e. The minimum atomic E-state index is -0.937. The first-order chi connectivity index (χ1) is 10.5. The average molecular weight is 335 g/mol. The van der Waals surface area contributed by atoms with Crippen LogP contribution in [0.3, 0.4) is 0 Å². The molecular formula is C16H15ClN2O2S. The van der Waals surface area contributed by atoms with Crippen molar-refractivity contribution in [3.8, 4) is 0 Å². The maximum atomic E-state index is 10.8. The van der Waals surface area contributed by atoms with Gasteiger partial charge in [-0.25, -0.2) is 4.79 Å². The van der Waals surface area contributed by atoms with E-state index in [4.69, 9.17) is 28.9 Å². The lowest BCUT2D eigenvalue weighted by Gasteiger charge is -2.13. The molecule has 0 amide bonds. The van der Waals surface area contributed by atoms with Gasteiger partial charge in [0.2, 0.25) is 0 Å². The number of hydrogen-bond acceptors (Lipinski definition) is 2. The summed E-state index contributed by atoms with van der Waals surface area (Å²) >= 11 is 11.3. The molecular weight excluding hydrogens is 320 g/mol. The Balaban J connectivity index is 1.92. The van der Waals surface area contributed by atoms with E-state index in [0.717, 1.165) is 16.8 Å². The van der Waals surface area contributed by atoms with Gasteiger partial charge in [0.1, 0.15) is 0 Å². The molecule has 0 fully saturated rings. The van der Waals surface area contributed by atoms with Crippen LogP contribution in [0.15, 0.2) is 42.5 Å². The number of benzene rings is 2. The predicted molar refractivity (Wildman–Crippen MR) is 92.7 cm³/mol. The number of anilines is 1. The summed E-state index contributed by atoms with van der Waals surface area (Å²) < 4.78 is 0. The Morgan fingerprint density at radius 3 is 2.55 bits per heavy atom. The summed E-state index contributed by atoms with van der Waals surface area (Å²) in [4.78, 5) is 10.8. The first kappa shape index (κ1) is 16.3. The lowest BCUT2D eigenvalue weighted by Crippen LogP contribution is -2.28. The number of nitrogens with one attached hydrogen (secondary N) is 2. The van der Waals surface area contributed by atoms with Crippen molar-refractivity contribution in [2.45, 2.75) is 13.5 Å². The van der Waals surface area contributed by atoms with E-state index in [-0.39, 0.29) is 5.56 Å². The second-order valence-corrected chi connectivity index (χ2v) is 5.54. The zero-order valence-corrected chi connectivity index (χ0v) is 13.5. The van der Waals surface area contributed by atoms with Crippen LogP contribution in [-0.2, 0) is 6.54 Å². The normalized spacial score (nSPS) is 10.1. The van der Waals surface area contributed by atoms with Gasteiger partial charge in [-0.2, -0.15) is 0 Å². The molecule has 0 aromatic heterocycles. The highest BCUT2D eigenvalue weighted by Crippen LogP contribution is 2.22. The number of carboxylic acid groups (broad SMARTS) is 1. The number of thiocarbonyl (C=S) groups is 1. The third-order valence-corrected chi connectivity index (χ3v) is 3.83. The van der Waals surface area contributed by atoms with Gasteiger partial charge in [0.15, 0.2) is 5.11 Å².